The number of carbonyl (C=O) groups is 1. The van der Waals surface area contributed by atoms with Gasteiger partial charge >= 0.3 is 0 Å². The van der Waals surface area contributed by atoms with Gasteiger partial charge in [0.05, 0.1) is 0 Å². The minimum Gasteiger partial charge on any atom is -0.361 e. The molecule has 0 aliphatic heterocycles. The predicted octanol–water partition coefficient (Wildman–Crippen LogP) is 4.15. The van der Waals surface area contributed by atoms with Crippen molar-refractivity contribution in [3.05, 3.63) is 66.1 Å². The van der Waals surface area contributed by atoms with Crippen LogP contribution in [0.4, 0.5) is 4.39 Å². The van der Waals surface area contributed by atoms with Crippen LogP contribution in [-0.2, 0) is 11.2 Å². The summed E-state index contributed by atoms with van der Waals surface area (Å²) in [6, 6.07) is 14.5. The number of fused-ring (bicyclic) bond motifs is 1. The molecule has 1 amide bonds. The van der Waals surface area contributed by atoms with E-state index in [1.54, 1.807) is 23.9 Å². The number of rotatable bonds is 7. The van der Waals surface area contributed by atoms with Crippen LogP contribution in [-0.4, -0.2) is 23.2 Å². The third kappa shape index (κ3) is 4.38. The van der Waals surface area contributed by atoms with Crippen LogP contribution in [0.15, 0.2) is 59.6 Å². The molecule has 2 N–H and O–H groups in total. The first-order valence-electron chi connectivity index (χ1n) is 7.92. The second-order valence-electron chi connectivity index (χ2n) is 5.51. The maximum Gasteiger partial charge on any atom is 0.220 e. The van der Waals surface area contributed by atoms with Crippen LogP contribution in [0.3, 0.4) is 0 Å². The molecule has 2 aromatic carbocycles. The number of amides is 1. The first-order chi connectivity index (χ1) is 11.7. The van der Waals surface area contributed by atoms with Crippen molar-refractivity contribution in [1.82, 2.24) is 10.3 Å². The predicted molar refractivity (Wildman–Crippen MR) is 96.8 cm³/mol. The highest BCUT2D eigenvalue weighted by Crippen LogP contribution is 2.19. The summed E-state index contributed by atoms with van der Waals surface area (Å²) in [5, 5.41) is 4.16. The first kappa shape index (κ1) is 16.6. The molecule has 3 aromatic rings. The van der Waals surface area contributed by atoms with Crippen LogP contribution in [0.1, 0.15) is 12.0 Å². The quantitative estimate of drug-likeness (QED) is 0.634. The number of aromatic amines is 1. The number of H-pyrrole nitrogens is 1. The summed E-state index contributed by atoms with van der Waals surface area (Å²) in [6.07, 6.45) is 3.26. The summed E-state index contributed by atoms with van der Waals surface area (Å²) in [4.78, 5) is 16.1. The maximum absolute atomic E-state index is 12.8. The molecule has 0 saturated carbocycles. The molecule has 3 nitrogen and oxygen atoms in total. The number of benzene rings is 2. The van der Waals surface area contributed by atoms with Gasteiger partial charge in [0.1, 0.15) is 5.82 Å². The molecule has 0 radical (unpaired) electrons. The molecule has 24 heavy (non-hydrogen) atoms. The standard InChI is InChI=1S/C19H19FN2OS/c20-15-5-7-16(8-6-15)24-12-10-19(23)21-11-9-14-13-22-18-4-2-1-3-17(14)18/h1-8,13,22H,9-12H2,(H,21,23). The van der Waals surface area contributed by atoms with Crippen LogP contribution in [0.5, 0.6) is 0 Å². The summed E-state index contributed by atoms with van der Waals surface area (Å²) in [6.45, 7) is 0.627. The Kier molecular flexibility index (Phi) is 5.54. The van der Waals surface area contributed by atoms with Crippen molar-refractivity contribution in [2.75, 3.05) is 12.3 Å². The van der Waals surface area contributed by atoms with E-state index in [9.17, 15) is 9.18 Å². The van der Waals surface area contributed by atoms with Crippen molar-refractivity contribution < 1.29 is 9.18 Å². The smallest absolute Gasteiger partial charge is 0.220 e. The molecule has 1 heterocycles. The van der Waals surface area contributed by atoms with Gasteiger partial charge in [-0.2, -0.15) is 0 Å². The van der Waals surface area contributed by atoms with Gasteiger partial charge in [-0.05, 0) is 42.3 Å². The van der Waals surface area contributed by atoms with Gasteiger partial charge in [0.2, 0.25) is 5.91 Å². The third-order valence-electron chi connectivity index (χ3n) is 3.80. The number of carbonyl (C=O) groups excluding carboxylic acids is 1. The summed E-state index contributed by atoms with van der Waals surface area (Å²) >= 11 is 1.56. The SMILES string of the molecule is O=C(CCSc1ccc(F)cc1)NCCc1c[nH]c2ccccc12. The molecule has 124 valence electrons. The lowest BCUT2D eigenvalue weighted by Gasteiger charge is -2.05. The highest BCUT2D eigenvalue weighted by atomic mass is 32.2. The molecule has 3 rings (SSSR count). The fraction of sp³-hybridized carbons (Fsp3) is 0.211. The second-order valence-corrected chi connectivity index (χ2v) is 6.68. The van der Waals surface area contributed by atoms with Gasteiger partial charge in [-0.1, -0.05) is 18.2 Å². The summed E-state index contributed by atoms with van der Waals surface area (Å²) in [7, 11) is 0. The number of aromatic nitrogens is 1. The molecule has 0 unspecified atom stereocenters. The Morgan fingerprint density at radius 1 is 1.12 bits per heavy atom. The molecule has 5 heteroatoms. The van der Waals surface area contributed by atoms with Crippen LogP contribution in [0, 0.1) is 5.82 Å². The minimum absolute atomic E-state index is 0.0458. The van der Waals surface area contributed by atoms with Gasteiger partial charge in [0, 0.05) is 40.7 Å². The first-order valence-corrected chi connectivity index (χ1v) is 8.91. The molecule has 0 aliphatic carbocycles. The highest BCUT2D eigenvalue weighted by Gasteiger charge is 2.05. The molecular weight excluding hydrogens is 323 g/mol. The van der Waals surface area contributed by atoms with E-state index in [0.29, 0.717) is 18.7 Å². The number of hydrogen-bond donors (Lipinski definition) is 2. The Morgan fingerprint density at radius 3 is 2.75 bits per heavy atom. The van der Waals surface area contributed by atoms with Gasteiger partial charge < -0.3 is 10.3 Å². The van der Waals surface area contributed by atoms with E-state index in [1.807, 2.05) is 24.4 Å². The van der Waals surface area contributed by atoms with Crippen molar-refractivity contribution in [2.45, 2.75) is 17.7 Å². The monoisotopic (exact) mass is 342 g/mol. The van der Waals surface area contributed by atoms with E-state index < -0.39 is 0 Å². The lowest BCUT2D eigenvalue weighted by atomic mass is 10.1. The zero-order valence-electron chi connectivity index (χ0n) is 13.2. The van der Waals surface area contributed by atoms with E-state index in [0.717, 1.165) is 16.8 Å². The number of hydrogen-bond acceptors (Lipinski definition) is 2. The van der Waals surface area contributed by atoms with Crippen LogP contribution < -0.4 is 5.32 Å². The molecule has 0 bridgehead atoms. The van der Waals surface area contributed by atoms with Crippen LogP contribution in [0.2, 0.25) is 0 Å². The molecule has 0 atom stereocenters. The average Bonchev–Trinajstić information content (AvgIpc) is 3.00. The summed E-state index contributed by atoms with van der Waals surface area (Å²) in [5.41, 5.74) is 2.33. The fourth-order valence-electron chi connectivity index (χ4n) is 2.56. The van der Waals surface area contributed by atoms with Gasteiger partial charge in [0.15, 0.2) is 0 Å². The topological polar surface area (TPSA) is 44.9 Å². The minimum atomic E-state index is -0.241. The lowest BCUT2D eigenvalue weighted by Crippen LogP contribution is -2.25. The molecule has 0 spiro atoms. The molecule has 0 saturated heterocycles. The summed E-state index contributed by atoms with van der Waals surface area (Å²) in [5.74, 6) is 0.490. The van der Waals surface area contributed by atoms with Gasteiger partial charge in [-0.25, -0.2) is 4.39 Å². The zero-order chi connectivity index (χ0) is 16.8. The lowest BCUT2D eigenvalue weighted by molar-refractivity contribution is -0.120. The number of nitrogens with one attached hydrogen (secondary N) is 2. The van der Waals surface area contributed by atoms with Crippen molar-refractivity contribution in [3.8, 4) is 0 Å². The average molecular weight is 342 g/mol. The van der Waals surface area contributed by atoms with E-state index in [1.165, 1.54) is 23.1 Å². The van der Waals surface area contributed by atoms with E-state index in [4.69, 9.17) is 0 Å². The van der Waals surface area contributed by atoms with Crippen LogP contribution in [0.25, 0.3) is 10.9 Å². The Labute approximate surface area is 144 Å². The second kappa shape index (κ2) is 8.02. The largest absolute Gasteiger partial charge is 0.361 e. The summed E-state index contributed by atoms with van der Waals surface area (Å²) < 4.78 is 12.8. The zero-order valence-corrected chi connectivity index (χ0v) is 14.0. The number of thioether (sulfide) groups is 1. The van der Waals surface area contributed by atoms with E-state index in [2.05, 4.69) is 16.4 Å². The van der Waals surface area contributed by atoms with Crippen molar-refractivity contribution in [1.29, 1.82) is 0 Å². The van der Waals surface area contributed by atoms with E-state index in [-0.39, 0.29) is 11.7 Å². The van der Waals surface area contributed by atoms with Crippen LogP contribution >= 0.6 is 11.8 Å². The Hall–Kier alpha value is -2.27. The number of halogens is 1. The molecule has 0 aliphatic rings. The van der Waals surface area contributed by atoms with Gasteiger partial charge in [-0.15, -0.1) is 11.8 Å². The van der Waals surface area contributed by atoms with Gasteiger partial charge in [-0.3, -0.25) is 4.79 Å². The Bertz CT molecular complexity index is 814. The van der Waals surface area contributed by atoms with Crippen molar-refractivity contribution in [2.24, 2.45) is 0 Å². The Morgan fingerprint density at radius 2 is 1.92 bits per heavy atom. The molecule has 1 aromatic heterocycles. The molecular formula is C19H19FN2OS. The van der Waals surface area contributed by atoms with Crippen molar-refractivity contribution in [3.63, 3.8) is 0 Å². The van der Waals surface area contributed by atoms with Crippen molar-refractivity contribution >= 4 is 28.6 Å². The third-order valence-corrected chi connectivity index (χ3v) is 4.82. The fourth-order valence-corrected chi connectivity index (χ4v) is 3.41. The normalized spacial score (nSPS) is 10.9. The number of para-hydroxylation sites is 1. The van der Waals surface area contributed by atoms with E-state index >= 15 is 0 Å². The molecule has 0 fully saturated rings. The van der Waals surface area contributed by atoms with Gasteiger partial charge in [0.25, 0.3) is 0 Å². The maximum atomic E-state index is 12.8. The highest BCUT2D eigenvalue weighted by molar-refractivity contribution is 7.99. The Balaban J connectivity index is 1.39.